The molecular formula is C17H24N2O2S. The third-order valence-electron chi connectivity index (χ3n) is 5.16. The number of nitrogens with one attached hydrogen (secondary N) is 1. The molecule has 4 nitrogen and oxygen atoms in total. The number of hydrogen-bond acceptors (Lipinski definition) is 4. The Balaban J connectivity index is 1.62. The molecule has 0 atom stereocenters. The molecule has 1 amide bonds. The minimum absolute atomic E-state index is 0.441. The fourth-order valence-corrected chi connectivity index (χ4v) is 4.83. The van der Waals surface area contributed by atoms with Crippen LogP contribution in [0.15, 0.2) is 29.2 Å². The Morgan fingerprint density at radius 3 is 2.45 bits per heavy atom. The van der Waals surface area contributed by atoms with Crippen molar-refractivity contribution >= 4 is 17.9 Å². The molecule has 1 aliphatic heterocycles. The van der Waals surface area contributed by atoms with E-state index in [0.717, 1.165) is 18.0 Å². The van der Waals surface area contributed by atoms with E-state index in [-0.39, 0.29) is 0 Å². The van der Waals surface area contributed by atoms with Gasteiger partial charge in [0.25, 0.3) is 5.91 Å². The van der Waals surface area contributed by atoms with Crippen molar-refractivity contribution in [1.82, 2.24) is 9.79 Å². The highest BCUT2D eigenvalue weighted by Crippen LogP contribution is 2.46. The van der Waals surface area contributed by atoms with Gasteiger partial charge in [0.1, 0.15) is 0 Å². The van der Waals surface area contributed by atoms with Gasteiger partial charge >= 0.3 is 0 Å². The predicted molar refractivity (Wildman–Crippen MR) is 87.9 cm³/mol. The van der Waals surface area contributed by atoms with E-state index >= 15 is 0 Å². The monoisotopic (exact) mass is 320 g/mol. The minimum Gasteiger partial charge on any atom is -0.288 e. The van der Waals surface area contributed by atoms with Crippen molar-refractivity contribution in [1.29, 1.82) is 0 Å². The summed E-state index contributed by atoms with van der Waals surface area (Å²) in [5.41, 5.74) is 2.86. The van der Waals surface area contributed by atoms with Crippen molar-refractivity contribution in [2.45, 2.75) is 49.8 Å². The van der Waals surface area contributed by atoms with E-state index in [2.05, 4.69) is 4.31 Å². The topological polar surface area (TPSA) is 52.6 Å². The molecule has 0 radical (unpaired) electrons. The molecule has 120 valence electrons. The van der Waals surface area contributed by atoms with Gasteiger partial charge < -0.3 is 0 Å². The lowest BCUT2D eigenvalue weighted by atomic mass is 9.68. The smallest absolute Gasteiger partial charge is 0.275 e. The van der Waals surface area contributed by atoms with Gasteiger partial charge in [-0.15, -0.1) is 0 Å². The molecule has 5 heteroatoms. The largest absolute Gasteiger partial charge is 0.288 e. The summed E-state index contributed by atoms with van der Waals surface area (Å²) in [7, 11) is 0. The Kier molecular flexibility index (Phi) is 5.06. The van der Waals surface area contributed by atoms with Crippen LogP contribution >= 0.6 is 11.9 Å². The van der Waals surface area contributed by atoms with E-state index in [9.17, 15) is 4.79 Å². The van der Waals surface area contributed by atoms with Crippen LogP contribution in [0.4, 0.5) is 0 Å². The van der Waals surface area contributed by atoms with Crippen molar-refractivity contribution in [2.24, 2.45) is 5.41 Å². The van der Waals surface area contributed by atoms with Gasteiger partial charge in [-0.1, -0.05) is 31.4 Å². The fourth-order valence-electron chi connectivity index (χ4n) is 3.79. The minimum atomic E-state index is -0.441. The Hall–Kier alpha value is -1.04. The highest BCUT2D eigenvalue weighted by molar-refractivity contribution is 7.97. The molecule has 1 aliphatic carbocycles. The molecule has 0 bridgehead atoms. The van der Waals surface area contributed by atoms with Crippen LogP contribution in [0.25, 0.3) is 0 Å². The zero-order valence-corrected chi connectivity index (χ0v) is 13.7. The van der Waals surface area contributed by atoms with Crippen LogP contribution in [0.5, 0.6) is 0 Å². The number of hydroxylamine groups is 1. The number of carbonyl (C=O) groups is 1. The molecule has 2 fully saturated rings. The Morgan fingerprint density at radius 2 is 1.77 bits per heavy atom. The molecule has 0 unspecified atom stereocenters. The van der Waals surface area contributed by atoms with Gasteiger partial charge in [0, 0.05) is 18.0 Å². The molecular weight excluding hydrogens is 296 g/mol. The molecule has 1 aromatic carbocycles. The van der Waals surface area contributed by atoms with Crippen LogP contribution in [0.1, 0.15) is 55.3 Å². The molecule has 1 heterocycles. The predicted octanol–water partition coefficient (Wildman–Crippen LogP) is 3.86. The Labute approximate surface area is 136 Å². The van der Waals surface area contributed by atoms with E-state index in [0.29, 0.717) is 11.0 Å². The number of hydrogen-bond donors (Lipinski definition) is 2. The van der Waals surface area contributed by atoms with E-state index in [1.807, 2.05) is 18.2 Å². The summed E-state index contributed by atoms with van der Waals surface area (Å²) in [6, 6.07) is 7.45. The summed E-state index contributed by atoms with van der Waals surface area (Å²) in [5, 5.41) is 8.86. The molecule has 0 aromatic heterocycles. The summed E-state index contributed by atoms with van der Waals surface area (Å²) in [6.07, 6.45) is 9.54. The van der Waals surface area contributed by atoms with Gasteiger partial charge in [-0.2, -0.15) is 0 Å². The summed E-state index contributed by atoms with van der Waals surface area (Å²) in [5.74, 6) is -0.441. The Morgan fingerprint density at radius 1 is 1.09 bits per heavy atom. The summed E-state index contributed by atoms with van der Waals surface area (Å²) in [6.45, 7) is 2.17. The first-order valence-corrected chi connectivity index (χ1v) is 8.96. The van der Waals surface area contributed by atoms with Crippen molar-refractivity contribution in [3.8, 4) is 0 Å². The second-order valence-corrected chi connectivity index (χ2v) is 7.66. The molecule has 1 saturated heterocycles. The second kappa shape index (κ2) is 7.02. The van der Waals surface area contributed by atoms with Crippen molar-refractivity contribution < 1.29 is 10.0 Å². The van der Waals surface area contributed by atoms with Crippen molar-refractivity contribution in [3.63, 3.8) is 0 Å². The van der Waals surface area contributed by atoms with Gasteiger partial charge in [-0.25, -0.2) is 9.79 Å². The molecule has 1 saturated carbocycles. The number of piperidine rings is 1. The lowest BCUT2D eigenvalue weighted by Crippen LogP contribution is -2.38. The number of amides is 1. The van der Waals surface area contributed by atoms with Gasteiger partial charge in [0.05, 0.1) is 5.56 Å². The van der Waals surface area contributed by atoms with E-state index in [4.69, 9.17) is 5.21 Å². The highest BCUT2D eigenvalue weighted by atomic mass is 32.2. The maximum Gasteiger partial charge on any atom is 0.275 e. The summed E-state index contributed by atoms with van der Waals surface area (Å²) >= 11 is 1.64. The van der Waals surface area contributed by atoms with Crippen LogP contribution in [0.2, 0.25) is 0 Å². The van der Waals surface area contributed by atoms with Crippen LogP contribution < -0.4 is 5.48 Å². The van der Waals surface area contributed by atoms with Crippen LogP contribution in [0, 0.1) is 5.41 Å². The van der Waals surface area contributed by atoms with Gasteiger partial charge in [0.2, 0.25) is 0 Å². The first-order valence-electron chi connectivity index (χ1n) is 8.19. The fraction of sp³-hybridized carbons (Fsp3) is 0.588. The van der Waals surface area contributed by atoms with Gasteiger partial charge in [-0.3, -0.25) is 10.0 Å². The van der Waals surface area contributed by atoms with Gasteiger partial charge in [-0.05, 0) is 55.2 Å². The third-order valence-corrected chi connectivity index (χ3v) is 6.33. The average Bonchev–Trinajstić information content (AvgIpc) is 2.58. The van der Waals surface area contributed by atoms with Crippen molar-refractivity contribution in [2.75, 3.05) is 13.1 Å². The first-order chi connectivity index (χ1) is 10.7. The van der Waals surface area contributed by atoms with Gasteiger partial charge in [0.15, 0.2) is 0 Å². The molecule has 1 spiro atoms. The standard InChI is InChI=1S/C17H24N2O2S/c20-16(18-21)14-6-2-3-7-15(14)22-19-12-10-17(11-13-19)8-4-1-5-9-17/h2-3,6-7,21H,1,4-5,8-13H2,(H,18,20). The third kappa shape index (κ3) is 3.47. The maximum atomic E-state index is 11.7. The normalized spacial score (nSPS) is 21.7. The average molecular weight is 320 g/mol. The van der Waals surface area contributed by atoms with Crippen LogP contribution in [0.3, 0.4) is 0 Å². The van der Waals surface area contributed by atoms with E-state index < -0.39 is 5.91 Å². The summed E-state index contributed by atoms with van der Waals surface area (Å²) in [4.78, 5) is 12.6. The molecule has 3 rings (SSSR count). The zero-order chi connectivity index (χ0) is 15.4. The number of rotatable bonds is 3. The zero-order valence-electron chi connectivity index (χ0n) is 12.9. The SMILES string of the molecule is O=C(NO)c1ccccc1SN1CCC2(CCCCC2)CC1. The lowest BCUT2D eigenvalue weighted by molar-refractivity contribution is 0.0702. The van der Waals surface area contributed by atoms with Crippen molar-refractivity contribution in [3.05, 3.63) is 29.8 Å². The maximum absolute atomic E-state index is 11.7. The van der Waals surface area contributed by atoms with Crippen LogP contribution in [-0.4, -0.2) is 28.5 Å². The highest BCUT2D eigenvalue weighted by Gasteiger charge is 2.35. The van der Waals surface area contributed by atoms with E-state index in [1.54, 1.807) is 23.5 Å². The Bertz CT molecular complexity index is 519. The number of nitrogens with zero attached hydrogens (tertiary/aromatic N) is 1. The lowest BCUT2D eigenvalue weighted by Gasteiger charge is -2.43. The van der Waals surface area contributed by atoms with E-state index in [1.165, 1.54) is 44.9 Å². The van der Waals surface area contributed by atoms with Crippen LogP contribution in [-0.2, 0) is 0 Å². The first kappa shape index (κ1) is 15.8. The quantitative estimate of drug-likeness (QED) is 0.504. The molecule has 2 aliphatic rings. The number of benzene rings is 1. The molecule has 1 aromatic rings. The second-order valence-electron chi connectivity index (χ2n) is 6.52. The summed E-state index contributed by atoms with van der Waals surface area (Å²) < 4.78 is 2.36. The molecule has 2 N–H and O–H groups in total. The number of carbonyl (C=O) groups excluding carboxylic acids is 1. The molecule has 22 heavy (non-hydrogen) atoms.